The lowest BCUT2D eigenvalue weighted by molar-refractivity contribution is 0.252. The van der Waals surface area contributed by atoms with E-state index in [1.54, 1.807) is 4.68 Å². The average molecular weight is 317 g/mol. The summed E-state index contributed by atoms with van der Waals surface area (Å²) in [4.78, 5) is 12.0. The Kier molecular flexibility index (Phi) is 4.36. The fourth-order valence-corrected chi connectivity index (χ4v) is 2.83. The van der Waals surface area contributed by atoms with Gasteiger partial charge in [-0.05, 0) is 33.1 Å². The molecule has 1 aliphatic carbocycles. The van der Waals surface area contributed by atoms with E-state index in [9.17, 15) is 4.79 Å². The van der Waals surface area contributed by atoms with Crippen LogP contribution in [0.4, 0.5) is 10.6 Å². The summed E-state index contributed by atoms with van der Waals surface area (Å²) in [7, 11) is 1.85. The van der Waals surface area contributed by atoms with Gasteiger partial charge in [-0.3, -0.25) is 10.00 Å². The first-order valence-corrected chi connectivity index (χ1v) is 8.05. The Morgan fingerprint density at radius 1 is 1.43 bits per heavy atom. The van der Waals surface area contributed by atoms with Crippen molar-refractivity contribution in [3.8, 4) is 0 Å². The van der Waals surface area contributed by atoms with Crippen molar-refractivity contribution < 1.29 is 9.32 Å². The number of nitrogens with zero attached hydrogens (tertiary/aromatic N) is 3. The topological polar surface area (TPSA) is 85.0 Å². The Labute approximate surface area is 135 Å². The van der Waals surface area contributed by atoms with Gasteiger partial charge in [-0.25, -0.2) is 4.79 Å². The van der Waals surface area contributed by atoms with Crippen molar-refractivity contribution in [2.75, 3.05) is 11.9 Å². The van der Waals surface area contributed by atoms with Crippen LogP contribution in [0.15, 0.2) is 10.6 Å². The number of aromatic nitrogens is 3. The van der Waals surface area contributed by atoms with Gasteiger partial charge in [0, 0.05) is 31.1 Å². The van der Waals surface area contributed by atoms with Crippen LogP contribution in [0.3, 0.4) is 0 Å². The minimum atomic E-state index is -0.222. The first kappa shape index (κ1) is 15.6. The summed E-state index contributed by atoms with van der Waals surface area (Å²) in [5.41, 5.74) is 3.00. The molecule has 0 radical (unpaired) electrons. The first-order chi connectivity index (χ1) is 11.0. The predicted octanol–water partition coefficient (Wildman–Crippen LogP) is 2.66. The van der Waals surface area contributed by atoms with Gasteiger partial charge >= 0.3 is 6.03 Å². The van der Waals surface area contributed by atoms with Crippen molar-refractivity contribution in [3.63, 3.8) is 0 Å². The van der Waals surface area contributed by atoms with Gasteiger partial charge in [-0.1, -0.05) is 11.6 Å². The summed E-state index contributed by atoms with van der Waals surface area (Å²) < 4.78 is 6.84. The molecule has 0 aromatic carbocycles. The highest BCUT2D eigenvalue weighted by Gasteiger charge is 2.23. The molecule has 7 heteroatoms. The lowest BCUT2D eigenvalue weighted by Crippen LogP contribution is -2.31. The maximum absolute atomic E-state index is 12.0. The molecule has 0 bridgehead atoms. The molecule has 2 aromatic rings. The van der Waals surface area contributed by atoms with E-state index in [2.05, 4.69) is 20.9 Å². The van der Waals surface area contributed by atoms with E-state index >= 15 is 0 Å². The van der Waals surface area contributed by atoms with Crippen LogP contribution in [0, 0.1) is 13.8 Å². The third-order valence-corrected chi connectivity index (χ3v) is 4.51. The standard InChI is InChI=1S/C16H23N5O2/c1-10-13(11(2)23-20-10)7-8-17-16(22)18-15-9-14(19-21(15)3)12-5-4-6-12/h9,12H,4-8H2,1-3H3,(H2,17,18,22). The van der Waals surface area contributed by atoms with Crippen LogP contribution < -0.4 is 10.6 Å². The van der Waals surface area contributed by atoms with Crippen LogP contribution in [0.1, 0.15) is 47.9 Å². The fraction of sp³-hybridized carbons (Fsp3) is 0.562. The molecule has 23 heavy (non-hydrogen) atoms. The van der Waals surface area contributed by atoms with E-state index in [4.69, 9.17) is 4.52 Å². The zero-order valence-corrected chi connectivity index (χ0v) is 13.8. The van der Waals surface area contributed by atoms with Gasteiger partial charge < -0.3 is 9.84 Å². The number of amides is 2. The molecule has 2 amide bonds. The Morgan fingerprint density at radius 3 is 2.83 bits per heavy atom. The van der Waals surface area contributed by atoms with Gasteiger partial charge in [-0.15, -0.1) is 0 Å². The van der Waals surface area contributed by atoms with E-state index in [-0.39, 0.29) is 6.03 Å². The molecular weight excluding hydrogens is 294 g/mol. The number of carbonyl (C=O) groups excluding carboxylic acids is 1. The third kappa shape index (κ3) is 3.38. The van der Waals surface area contributed by atoms with E-state index in [0.717, 1.165) is 28.5 Å². The molecule has 0 spiro atoms. The molecule has 124 valence electrons. The van der Waals surface area contributed by atoms with Crippen molar-refractivity contribution >= 4 is 11.8 Å². The molecule has 0 aliphatic heterocycles. The summed E-state index contributed by atoms with van der Waals surface area (Å²) in [6.45, 7) is 4.32. The Balaban J connectivity index is 1.50. The lowest BCUT2D eigenvalue weighted by atomic mass is 9.83. The number of aryl methyl sites for hydroxylation is 3. The zero-order valence-electron chi connectivity index (χ0n) is 13.8. The smallest absolute Gasteiger partial charge is 0.320 e. The monoisotopic (exact) mass is 317 g/mol. The molecule has 1 fully saturated rings. The molecule has 0 unspecified atom stereocenters. The minimum absolute atomic E-state index is 0.222. The van der Waals surface area contributed by atoms with E-state index < -0.39 is 0 Å². The minimum Gasteiger partial charge on any atom is -0.361 e. The first-order valence-electron chi connectivity index (χ1n) is 8.05. The van der Waals surface area contributed by atoms with Gasteiger partial charge in [0.05, 0.1) is 11.4 Å². The third-order valence-electron chi connectivity index (χ3n) is 4.51. The number of carbonyl (C=O) groups is 1. The van der Waals surface area contributed by atoms with Gasteiger partial charge in [0.1, 0.15) is 11.6 Å². The average Bonchev–Trinajstić information content (AvgIpc) is 2.94. The van der Waals surface area contributed by atoms with Gasteiger partial charge in [-0.2, -0.15) is 5.10 Å². The number of hydrogen-bond donors (Lipinski definition) is 2. The van der Waals surface area contributed by atoms with Gasteiger partial charge in [0.25, 0.3) is 0 Å². The van der Waals surface area contributed by atoms with Crippen LogP contribution >= 0.6 is 0 Å². The molecule has 3 rings (SSSR count). The molecule has 2 heterocycles. The van der Waals surface area contributed by atoms with Gasteiger partial charge in [0.15, 0.2) is 0 Å². The molecule has 7 nitrogen and oxygen atoms in total. The fourth-order valence-electron chi connectivity index (χ4n) is 2.83. The lowest BCUT2D eigenvalue weighted by Gasteiger charge is -2.22. The Morgan fingerprint density at radius 2 is 2.22 bits per heavy atom. The molecule has 1 aliphatic rings. The number of anilines is 1. The van der Waals surface area contributed by atoms with Crippen molar-refractivity contribution in [1.82, 2.24) is 20.3 Å². The van der Waals surface area contributed by atoms with E-state index in [0.29, 0.717) is 18.9 Å². The van der Waals surface area contributed by atoms with Gasteiger partial charge in [0.2, 0.25) is 0 Å². The summed E-state index contributed by atoms with van der Waals surface area (Å²) in [6.07, 6.45) is 4.36. The Bertz CT molecular complexity index is 680. The summed E-state index contributed by atoms with van der Waals surface area (Å²) >= 11 is 0. The van der Waals surface area contributed by atoms with Crippen molar-refractivity contribution in [2.24, 2.45) is 7.05 Å². The largest absolute Gasteiger partial charge is 0.361 e. The molecule has 0 atom stereocenters. The number of urea groups is 1. The number of hydrogen-bond acceptors (Lipinski definition) is 4. The second kappa shape index (κ2) is 6.44. The van der Waals surface area contributed by atoms with E-state index in [1.165, 1.54) is 19.3 Å². The maximum Gasteiger partial charge on any atom is 0.320 e. The summed E-state index contributed by atoms with van der Waals surface area (Å²) in [5.74, 6) is 2.09. The second-order valence-corrected chi connectivity index (χ2v) is 6.14. The molecule has 1 saturated carbocycles. The van der Waals surface area contributed by atoms with Crippen LogP contribution in [0.2, 0.25) is 0 Å². The van der Waals surface area contributed by atoms with Crippen molar-refractivity contribution in [3.05, 3.63) is 28.8 Å². The van der Waals surface area contributed by atoms with Crippen molar-refractivity contribution in [2.45, 2.75) is 45.4 Å². The quantitative estimate of drug-likeness (QED) is 0.888. The van der Waals surface area contributed by atoms with E-state index in [1.807, 2.05) is 27.0 Å². The predicted molar refractivity (Wildman–Crippen MR) is 86.5 cm³/mol. The van der Waals surface area contributed by atoms with Crippen LogP contribution in [-0.2, 0) is 13.5 Å². The normalized spacial score (nSPS) is 14.6. The van der Waals surface area contributed by atoms with Crippen LogP contribution in [-0.4, -0.2) is 27.5 Å². The molecular formula is C16H23N5O2. The zero-order chi connectivity index (χ0) is 16.4. The Hall–Kier alpha value is -2.31. The molecule has 0 saturated heterocycles. The van der Waals surface area contributed by atoms with Crippen LogP contribution in [0.5, 0.6) is 0 Å². The van der Waals surface area contributed by atoms with Crippen LogP contribution in [0.25, 0.3) is 0 Å². The molecule has 2 aromatic heterocycles. The number of rotatable bonds is 5. The summed E-state index contributed by atoms with van der Waals surface area (Å²) in [6, 6.07) is 1.75. The number of nitrogens with one attached hydrogen (secondary N) is 2. The molecule has 2 N–H and O–H groups in total. The highest BCUT2D eigenvalue weighted by molar-refractivity contribution is 5.88. The van der Waals surface area contributed by atoms with Crippen molar-refractivity contribution in [1.29, 1.82) is 0 Å². The maximum atomic E-state index is 12.0. The SMILES string of the molecule is Cc1noc(C)c1CCNC(=O)Nc1cc(C2CCC2)nn1C. The highest BCUT2D eigenvalue weighted by Crippen LogP contribution is 2.36. The second-order valence-electron chi connectivity index (χ2n) is 6.14. The summed E-state index contributed by atoms with van der Waals surface area (Å²) in [5, 5.41) is 14.1. The highest BCUT2D eigenvalue weighted by atomic mass is 16.5.